The molecule has 2 aliphatic rings. The number of rotatable bonds is 5. The van der Waals surface area contributed by atoms with Crippen LogP contribution in [0.4, 0.5) is 11.5 Å². The number of hydrazone groups is 1. The Kier molecular flexibility index (Phi) is 6.35. The van der Waals surface area contributed by atoms with Crippen LogP contribution >= 0.6 is 23.2 Å². The summed E-state index contributed by atoms with van der Waals surface area (Å²) >= 11 is 12.8. The molecule has 3 N–H and O–H groups in total. The van der Waals surface area contributed by atoms with Crippen LogP contribution in [0.1, 0.15) is 31.4 Å². The van der Waals surface area contributed by atoms with Crippen LogP contribution in [0.15, 0.2) is 48.0 Å². The van der Waals surface area contributed by atoms with Gasteiger partial charge in [-0.3, -0.25) is 4.68 Å². The Bertz CT molecular complexity index is 1220. The second-order valence-electron chi connectivity index (χ2n) is 8.50. The predicted octanol–water partition coefficient (Wildman–Crippen LogP) is 4.02. The number of hydrogen-bond donors (Lipinski definition) is 2. The van der Waals surface area contributed by atoms with E-state index in [2.05, 4.69) is 43.4 Å². The molecule has 1 aromatic carbocycles. The topological polar surface area (TPSA) is 90.8 Å². The van der Waals surface area contributed by atoms with E-state index in [9.17, 15) is 0 Å². The van der Waals surface area contributed by atoms with Gasteiger partial charge in [0.2, 0.25) is 0 Å². The minimum absolute atomic E-state index is 0.362. The fraction of sp³-hybridized carbons (Fsp3) is 0.348. The number of likely N-dealkylation sites (N-methyl/N-ethyl adjacent to an activating group) is 1. The molecule has 0 unspecified atom stereocenters. The Balaban J connectivity index is 1.47. The van der Waals surface area contributed by atoms with Gasteiger partial charge in [-0.05, 0) is 44.1 Å². The van der Waals surface area contributed by atoms with Crippen molar-refractivity contribution >= 4 is 40.5 Å². The molecule has 178 valence electrons. The number of hydrogen-bond acceptors (Lipinski definition) is 8. The van der Waals surface area contributed by atoms with Gasteiger partial charge in [0, 0.05) is 37.1 Å². The zero-order valence-corrected chi connectivity index (χ0v) is 20.6. The van der Waals surface area contributed by atoms with Crippen LogP contribution in [-0.2, 0) is 0 Å². The molecule has 1 fully saturated rings. The van der Waals surface area contributed by atoms with Crippen LogP contribution in [0.3, 0.4) is 0 Å². The normalized spacial score (nSPS) is 19.4. The van der Waals surface area contributed by atoms with Gasteiger partial charge in [0.15, 0.2) is 5.84 Å². The van der Waals surface area contributed by atoms with Crippen LogP contribution < -0.4 is 16.3 Å². The zero-order valence-electron chi connectivity index (χ0n) is 19.1. The summed E-state index contributed by atoms with van der Waals surface area (Å²) in [6.07, 6.45) is 8.06. The van der Waals surface area contributed by atoms with Crippen LogP contribution in [-0.4, -0.2) is 57.3 Å². The highest BCUT2D eigenvalue weighted by molar-refractivity contribution is 6.44. The molecule has 2 aromatic heterocycles. The molecule has 0 spiro atoms. The lowest BCUT2D eigenvalue weighted by Crippen LogP contribution is -2.43. The largest absolute Gasteiger partial charge is 0.383 e. The van der Waals surface area contributed by atoms with Crippen molar-refractivity contribution < 1.29 is 0 Å². The second kappa shape index (κ2) is 9.42. The first kappa shape index (κ1) is 22.9. The van der Waals surface area contributed by atoms with Crippen molar-refractivity contribution in [1.29, 1.82) is 0 Å². The van der Waals surface area contributed by atoms with Crippen molar-refractivity contribution in [2.75, 3.05) is 37.4 Å². The first-order chi connectivity index (χ1) is 16.5. The van der Waals surface area contributed by atoms with Gasteiger partial charge in [0.1, 0.15) is 5.82 Å². The number of nitrogens with zero attached hydrogens (tertiary/aromatic N) is 7. The van der Waals surface area contributed by atoms with Gasteiger partial charge < -0.3 is 10.6 Å². The van der Waals surface area contributed by atoms with E-state index in [1.54, 1.807) is 17.4 Å². The average Bonchev–Trinajstić information content (AvgIpc) is 3.49. The van der Waals surface area contributed by atoms with Crippen LogP contribution in [0.2, 0.25) is 10.0 Å². The third kappa shape index (κ3) is 4.20. The van der Waals surface area contributed by atoms with Crippen molar-refractivity contribution in [2.45, 2.75) is 25.8 Å². The fourth-order valence-electron chi connectivity index (χ4n) is 4.49. The number of nitrogens with one attached hydrogen (secondary N) is 1. The lowest BCUT2D eigenvalue weighted by molar-refractivity contribution is 0.177. The Labute approximate surface area is 208 Å². The van der Waals surface area contributed by atoms with Gasteiger partial charge in [-0.15, -0.1) is 10.2 Å². The minimum atomic E-state index is 0.362. The third-order valence-electron chi connectivity index (χ3n) is 6.36. The smallest absolute Gasteiger partial charge is 0.181 e. The Morgan fingerprint density at radius 1 is 1.21 bits per heavy atom. The molecular formula is C23H27Cl2N9. The van der Waals surface area contributed by atoms with Crippen molar-refractivity contribution in [3.05, 3.63) is 58.5 Å². The number of aromatic nitrogens is 3. The molecule has 5 rings (SSSR count). The van der Waals surface area contributed by atoms with Gasteiger partial charge in [-0.1, -0.05) is 36.2 Å². The number of nitrogen functional groups attached to an aromatic ring is 1. The summed E-state index contributed by atoms with van der Waals surface area (Å²) in [4.78, 5) is 6.93. The summed E-state index contributed by atoms with van der Waals surface area (Å²) in [6.45, 7) is 5.45. The molecule has 0 aliphatic carbocycles. The number of anilines is 2. The average molecular weight is 500 g/mol. The highest BCUT2D eigenvalue weighted by atomic mass is 35.5. The summed E-state index contributed by atoms with van der Waals surface area (Å²) < 4.78 is 2.08. The van der Waals surface area contributed by atoms with Gasteiger partial charge in [-0.25, -0.2) is 15.5 Å². The number of halogens is 2. The summed E-state index contributed by atoms with van der Waals surface area (Å²) in [5, 5.41) is 13.5. The molecule has 3 aromatic rings. The maximum Gasteiger partial charge on any atom is 0.181 e. The fourth-order valence-corrected chi connectivity index (χ4v) is 4.87. The molecule has 34 heavy (non-hydrogen) atoms. The molecule has 0 radical (unpaired) electrons. The van der Waals surface area contributed by atoms with E-state index in [1.807, 2.05) is 36.5 Å². The lowest BCUT2D eigenvalue weighted by atomic mass is 10.1. The Hall–Kier alpha value is -2.85. The summed E-state index contributed by atoms with van der Waals surface area (Å²) in [5.41, 5.74) is 12.5. The Morgan fingerprint density at radius 2 is 2.06 bits per heavy atom. The number of nitrogens with two attached hydrogens (primary N) is 1. The molecule has 0 amide bonds. The highest BCUT2D eigenvalue weighted by Gasteiger charge is 2.30. The number of amidine groups is 1. The van der Waals surface area contributed by atoms with Crippen LogP contribution in [0.5, 0.6) is 0 Å². The van der Waals surface area contributed by atoms with Gasteiger partial charge in [-0.2, -0.15) is 5.10 Å². The SMILES string of the molecule is CCN1CCC[C@@H](n2cc(-c3cnc(N)c(C4=NNN(C)N4c4cccc(Cl)c4Cl)c3)cn2)C1. The molecule has 1 saturated heterocycles. The van der Waals surface area contributed by atoms with Crippen molar-refractivity contribution in [3.63, 3.8) is 0 Å². The maximum atomic E-state index is 6.51. The molecule has 4 heterocycles. The van der Waals surface area contributed by atoms with E-state index in [0.717, 1.165) is 37.2 Å². The van der Waals surface area contributed by atoms with E-state index in [0.29, 0.717) is 39.0 Å². The number of pyridine rings is 1. The molecule has 9 nitrogen and oxygen atoms in total. The number of likely N-dealkylation sites (tertiary alicyclic amines) is 1. The van der Waals surface area contributed by atoms with E-state index in [4.69, 9.17) is 28.9 Å². The first-order valence-electron chi connectivity index (χ1n) is 11.3. The molecule has 11 heteroatoms. The first-order valence-corrected chi connectivity index (χ1v) is 12.1. The number of benzene rings is 1. The summed E-state index contributed by atoms with van der Waals surface area (Å²) in [7, 11) is 1.83. The number of hydrazine groups is 2. The van der Waals surface area contributed by atoms with Crippen molar-refractivity contribution in [2.24, 2.45) is 5.10 Å². The molecule has 1 atom stereocenters. The number of piperidine rings is 1. The van der Waals surface area contributed by atoms with E-state index in [-0.39, 0.29) is 0 Å². The standard InChI is InChI=1S/C23H27Cl2N9/c1-3-32-9-5-6-17(14-32)33-13-16(12-28-33)15-10-18(22(26)27-11-15)23-29-30-31(2)34(23)20-8-4-7-19(24)21(20)25/h4,7-8,10-13,17,30H,3,5-6,9,14H2,1-2H3,(H2,26,27)/t17-/m1/s1. The van der Waals surface area contributed by atoms with E-state index >= 15 is 0 Å². The second-order valence-corrected chi connectivity index (χ2v) is 9.28. The molecule has 0 saturated carbocycles. The van der Waals surface area contributed by atoms with Gasteiger partial charge in [0.25, 0.3) is 0 Å². The van der Waals surface area contributed by atoms with Gasteiger partial charge >= 0.3 is 0 Å². The maximum absolute atomic E-state index is 6.51. The molecule has 0 bridgehead atoms. The third-order valence-corrected chi connectivity index (χ3v) is 7.17. The summed E-state index contributed by atoms with van der Waals surface area (Å²) in [6, 6.07) is 7.81. The minimum Gasteiger partial charge on any atom is -0.383 e. The quantitative estimate of drug-likeness (QED) is 0.547. The summed E-state index contributed by atoms with van der Waals surface area (Å²) in [5.74, 6) is 0.929. The molecular weight excluding hydrogens is 473 g/mol. The zero-order chi connectivity index (χ0) is 23.8. The highest BCUT2D eigenvalue weighted by Crippen LogP contribution is 2.35. The van der Waals surface area contributed by atoms with E-state index in [1.165, 1.54) is 6.42 Å². The predicted molar refractivity (Wildman–Crippen MR) is 137 cm³/mol. The Morgan fingerprint density at radius 3 is 2.88 bits per heavy atom. The van der Waals surface area contributed by atoms with E-state index < -0.39 is 0 Å². The monoisotopic (exact) mass is 499 g/mol. The van der Waals surface area contributed by atoms with Crippen LogP contribution in [0.25, 0.3) is 11.1 Å². The van der Waals surface area contributed by atoms with Crippen molar-refractivity contribution in [1.82, 2.24) is 30.3 Å². The van der Waals surface area contributed by atoms with Crippen molar-refractivity contribution in [3.8, 4) is 11.1 Å². The van der Waals surface area contributed by atoms with Gasteiger partial charge in [0.05, 0.1) is 33.5 Å². The lowest BCUT2D eigenvalue weighted by Gasteiger charge is -2.31. The van der Waals surface area contributed by atoms with Crippen LogP contribution in [0, 0.1) is 0 Å². The molecule has 2 aliphatic heterocycles.